The van der Waals surface area contributed by atoms with E-state index in [4.69, 9.17) is 21.1 Å². The van der Waals surface area contributed by atoms with Crippen molar-refractivity contribution in [3.63, 3.8) is 0 Å². The maximum absolute atomic E-state index is 11.6. The third-order valence-electron chi connectivity index (χ3n) is 2.14. The SMILES string of the molecule is COC(=O)C(CO)NC(=O)C(N)CSCC(O)CO. The lowest BCUT2D eigenvalue weighted by Gasteiger charge is -2.17. The van der Waals surface area contributed by atoms with Crippen molar-refractivity contribution in [3.8, 4) is 0 Å². The average Bonchev–Trinajstić information content (AvgIpc) is 2.42. The number of aliphatic hydroxyl groups is 3. The second-order valence-corrected chi connectivity index (χ2v) is 4.82. The molecule has 0 spiro atoms. The number of thioether (sulfide) groups is 1. The van der Waals surface area contributed by atoms with E-state index in [1.807, 2.05) is 0 Å². The molecule has 6 N–H and O–H groups in total. The van der Waals surface area contributed by atoms with Crippen molar-refractivity contribution in [2.45, 2.75) is 18.2 Å². The van der Waals surface area contributed by atoms with Crippen molar-refractivity contribution in [2.75, 3.05) is 31.8 Å². The van der Waals surface area contributed by atoms with Crippen LogP contribution >= 0.6 is 11.8 Å². The van der Waals surface area contributed by atoms with Gasteiger partial charge in [-0.1, -0.05) is 0 Å². The maximum atomic E-state index is 11.6. The molecule has 0 fully saturated rings. The summed E-state index contributed by atoms with van der Waals surface area (Å²) in [6, 6.07) is -2.04. The van der Waals surface area contributed by atoms with Crippen LogP contribution in [0.2, 0.25) is 0 Å². The number of carbonyl (C=O) groups excluding carboxylic acids is 2. The van der Waals surface area contributed by atoms with Gasteiger partial charge in [0.1, 0.15) is 0 Å². The Labute approximate surface area is 115 Å². The molecule has 112 valence electrons. The summed E-state index contributed by atoms with van der Waals surface area (Å²) < 4.78 is 4.39. The summed E-state index contributed by atoms with van der Waals surface area (Å²) in [5.41, 5.74) is 5.58. The number of hydrogen-bond donors (Lipinski definition) is 5. The molecule has 0 aromatic heterocycles. The summed E-state index contributed by atoms with van der Waals surface area (Å²) in [7, 11) is 1.14. The van der Waals surface area contributed by atoms with Crippen LogP contribution in [0.4, 0.5) is 0 Å². The number of methoxy groups -OCH3 is 1. The quantitative estimate of drug-likeness (QED) is 0.284. The minimum absolute atomic E-state index is 0.211. The first-order valence-corrected chi connectivity index (χ1v) is 6.73. The second-order valence-electron chi connectivity index (χ2n) is 3.75. The monoisotopic (exact) mass is 296 g/mol. The van der Waals surface area contributed by atoms with Crippen LogP contribution in [0.3, 0.4) is 0 Å². The van der Waals surface area contributed by atoms with Gasteiger partial charge in [0.15, 0.2) is 6.04 Å². The number of ether oxygens (including phenoxy) is 1. The molecule has 0 rings (SSSR count). The van der Waals surface area contributed by atoms with Crippen LogP contribution in [0.15, 0.2) is 0 Å². The zero-order valence-corrected chi connectivity index (χ0v) is 11.4. The van der Waals surface area contributed by atoms with Gasteiger partial charge >= 0.3 is 5.97 Å². The molecule has 1 amide bonds. The molecule has 0 aromatic carbocycles. The zero-order chi connectivity index (χ0) is 14.8. The van der Waals surface area contributed by atoms with Gasteiger partial charge in [0.2, 0.25) is 5.91 Å². The Morgan fingerprint density at radius 2 is 1.95 bits per heavy atom. The normalized spacial score (nSPS) is 15.4. The largest absolute Gasteiger partial charge is 0.467 e. The minimum atomic E-state index is -1.14. The van der Waals surface area contributed by atoms with E-state index >= 15 is 0 Å². The van der Waals surface area contributed by atoms with Gasteiger partial charge in [0.25, 0.3) is 0 Å². The summed E-state index contributed by atoms with van der Waals surface area (Å²) in [5.74, 6) is -0.901. The van der Waals surface area contributed by atoms with Crippen molar-refractivity contribution >= 4 is 23.6 Å². The number of carbonyl (C=O) groups is 2. The second kappa shape index (κ2) is 9.98. The minimum Gasteiger partial charge on any atom is -0.467 e. The maximum Gasteiger partial charge on any atom is 0.330 e. The number of esters is 1. The Morgan fingerprint density at radius 3 is 2.42 bits per heavy atom. The van der Waals surface area contributed by atoms with Crippen molar-refractivity contribution in [1.82, 2.24) is 5.32 Å². The highest BCUT2D eigenvalue weighted by molar-refractivity contribution is 7.99. The fourth-order valence-electron chi connectivity index (χ4n) is 1.06. The predicted octanol–water partition coefficient (Wildman–Crippen LogP) is -2.95. The average molecular weight is 296 g/mol. The Kier molecular flexibility index (Phi) is 9.53. The van der Waals surface area contributed by atoms with Crippen LogP contribution in [0.5, 0.6) is 0 Å². The molecule has 3 unspecified atom stereocenters. The van der Waals surface area contributed by atoms with Crippen LogP contribution < -0.4 is 11.1 Å². The number of rotatable bonds is 9. The van der Waals surface area contributed by atoms with Gasteiger partial charge in [-0.15, -0.1) is 0 Å². The molecule has 0 saturated heterocycles. The van der Waals surface area contributed by atoms with E-state index in [0.29, 0.717) is 0 Å². The summed E-state index contributed by atoms with van der Waals surface area (Å²) >= 11 is 1.20. The lowest BCUT2D eigenvalue weighted by molar-refractivity contribution is -0.146. The van der Waals surface area contributed by atoms with E-state index in [9.17, 15) is 9.59 Å². The molecule has 0 heterocycles. The molecule has 9 heteroatoms. The Bertz CT molecular complexity index is 291. The first-order chi connectivity index (χ1) is 8.96. The molecule has 0 radical (unpaired) electrons. The van der Waals surface area contributed by atoms with Crippen LogP contribution in [-0.2, 0) is 14.3 Å². The highest BCUT2D eigenvalue weighted by atomic mass is 32.2. The molecule has 0 aliphatic heterocycles. The van der Waals surface area contributed by atoms with E-state index in [1.165, 1.54) is 11.8 Å². The fourth-order valence-corrected chi connectivity index (χ4v) is 1.98. The molecule has 3 atom stereocenters. The Morgan fingerprint density at radius 1 is 1.32 bits per heavy atom. The topological polar surface area (TPSA) is 142 Å². The van der Waals surface area contributed by atoms with Crippen molar-refractivity contribution < 1.29 is 29.6 Å². The van der Waals surface area contributed by atoms with Gasteiger partial charge in [-0.25, -0.2) is 4.79 Å². The molecule has 0 saturated carbocycles. The summed E-state index contributed by atoms with van der Waals surface area (Å²) in [6.07, 6.45) is -0.861. The van der Waals surface area contributed by atoms with Gasteiger partial charge in [-0.05, 0) is 0 Å². The third-order valence-corrected chi connectivity index (χ3v) is 3.36. The molecule has 19 heavy (non-hydrogen) atoms. The van der Waals surface area contributed by atoms with Gasteiger partial charge in [-0.2, -0.15) is 11.8 Å². The van der Waals surface area contributed by atoms with Crippen molar-refractivity contribution in [3.05, 3.63) is 0 Å². The van der Waals surface area contributed by atoms with Crippen LogP contribution in [0, 0.1) is 0 Å². The number of nitrogens with two attached hydrogens (primary N) is 1. The molecular formula is C10H20N2O6S. The Balaban J connectivity index is 4.08. The smallest absolute Gasteiger partial charge is 0.330 e. The number of hydrogen-bond acceptors (Lipinski definition) is 8. The van der Waals surface area contributed by atoms with Gasteiger partial charge < -0.3 is 31.1 Å². The van der Waals surface area contributed by atoms with E-state index in [2.05, 4.69) is 10.1 Å². The predicted molar refractivity (Wildman–Crippen MR) is 69.4 cm³/mol. The lowest BCUT2D eigenvalue weighted by Crippen LogP contribution is -2.51. The fraction of sp³-hybridized carbons (Fsp3) is 0.800. The number of aliphatic hydroxyl groups excluding tert-OH is 3. The number of amides is 1. The van der Waals surface area contributed by atoms with Gasteiger partial charge in [0.05, 0.1) is 32.5 Å². The standard InChI is InChI=1S/C10H20N2O6S/c1-18-10(17)8(3-14)12-9(16)7(11)5-19-4-6(15)2-13/h6-8,13-15H,2-5,11H2,1H3,(H,12,16). The molecule has 0 aromatic rings. The molecule has 0 bridgehead atoms. The third kappa shape index (κ3) is 7.33. The molecule has 8 nitrogen and oxygen atoms in total. The van der Waals surface area contributed by atoms with Gasteiger partial charge in [0, 0.05) is 11.5 Å². The molecule has 0 aliphatic rings. The van der Waals surface area contributed by atoms with E-state index in [0.717, 1.165) is 7.11 Å². The first kappa shape index (κ1) is 18.1. The van der Waals surface area contributed by atoms with Gasteiger partial charge in [-0.3, -0.25) is 4.79 Å². The van der Waals surface area contributed by atoms with Crippen molar-refractivity contribution in [2.24, 2.45) is 5.73 Å². The van der Waals surface area contributed by atoms with E-state index < -0.39 is 36.7 Å². The summed E-state index contributed by atoms with van der Waals surface area (Å²) in [4.78, 5) is 22.7. The van der Waals surface area contributed by atoms with Crippen LogP contribution in [0.25, 0.3) is 0 Å². The molecule has 0 aliphatic carbocycles. The zero-order valence-electron chi connectivity index (χ0n) is 10.6. The van der Waals surface area contributed by atoms with E-state index in [-0.39, 0.29) is 18.1 Å². The number of nitrogens with one attached hydrogen (secondary N) is 1. The first-order valence-electron chi connectivity index (χ1n) is 5.57. The molecular weight excluding hydrogens is 276 g/mol. The highest BCUT2D eigenvalue weighted by Crippen LogP contribution is 2.04. The summed E-state index contributed by atoms with van der Waals surface area (Å²) in [5, 5.41) is 28.9. The highest BCUT2D eigenvalue weighted by Gasteiger charge is 2.23. The van der Waals surface area contributed by atoms with Crippen LogP contribution in [0.1, 0.15) is 0 Å². The Hall–Kier alpha value is -0.870. The summed E-state index contributed by atoms with van der Waals surface area (Å²) in [6.45, 7) is -0.940. The lowest BCUT2D eigenvalue weighted by atomic mass is 10.2. The van der Waals surface area contributed by atoms with Crippen LogP contribution in [-0.4, -0.2) is 77.2 Å². The van der Waals surface area contributed by atoms with Crippen molar-refractivity contribution in [1.29, 1.82) is 0 Å². The van der Waals surface area contributed by atoms with E-state index in [1.54, 1.807) is 0 Å².